The number of carboxylic acids is 1. The molecule has 0 spiro atoms. The Hall–Kier alpha value is -3.02. The molecule has 28 heavy (non-hydrogen) atoms. The number of anilines is 1. The van der Waals surface area contributed by atoms with E-state index in [4.69, 9.17) is 27.9 Å². The highest BCUT2D eigenvalue weighted by molar-refractivity contribution is 6.33. The average molecular weight is 414 g/mol. The molecule has 1 N–H and O–H groups in total. The molecule has 0 saturated heterocycles. The van der Waals surface area contributed by atoms with E-state index in [0.29, 0.717) is 23.1 Å². The molecule has 0 fully saturated rings. The number of aromatic carboxylic acids is 1. The molecule has 142 valence electrons. The number of carbonyl (C=O) groups excluding carboxylic acids is 1. The Bertz CT molecular complexity index is 1000. The predicted molar refractivity (Wildman–Crippen MR) is 109 cm³/mol. The highest BCUT2D eigenvalue weighted by Gasteiger charge is 2.04. The molecule has 0 aromatic heterocycles. The van der Waals surface area contributed by atoms with Crippen molar-refractivity contribution in [1.29, 1.82) is 0 Å². The van der Waals surface area contributed by atoms with Gasteiger partial charge in [-0.15, -0.1) is 0 Å². The summed E-state index contributed by atoms with van der Waals surface area (Å²) in [4.78, 5) is 11.0. The van der Waals surface area contributed by atoms with Gasteiger partial charge in [-0.05, 0) is 48.0 Å². The average Bonchev–Trinajstić information content (AvgIpc) is 2.69. The zero-order valence-electron chi connectivity index (χ0n) is 14.6. The number of halogens is 2. The summed E-state index contributed by atoms with van der Waals surface area (Å²) in [6.07, 6.45) is 1.59. The highest BCUT2D eigenvalue weighted by atomic mass is 35.5. The molecular weight excluding hydrogens is 399 g/mol. The SMILES string of the molecule is O=C([O-])c1cc(N/N=C\c2ccccc2OCc2ccc(Cl)cc2)ccc1Cl. The lowest BCUT2D eigenvalue weighted by atomic mass is 10.2. The first-order valence-electron chi connectivity index (χ1n) is 8.29. The number of benzene rings is 3. The Morgan fingerprint density at radius 1 is 1.07 bits per heavy atom. The van der Waals surface area contributed by atoms with Crippen molar-refractivity contribution in [3.05, 3.63) is 93.5 Å². The molecule has 0 bridgehead atoms. The maximum Gasteiger partial charge on any atom is 0.128 e. The van der Waals surface area contributed by atoms with E-state index in [1.807, 2.05) is 48.5 Å². The van der Waals surface area contributed by atoms with Crippen LogP contribution in [-0.4, -0.2) is 12.2 Å². The van der Waals surface area contributed by atoms with Crippen molar-refractivity contribution in [2.24, 2.45) is 5.10 Å². The first-order chi connectivity index (χ1) is 13.5. The van der Waals surface area contributed by atoms with Gasteiger partial charge in [-0.2, -0.15) is 5.10 Å². The number of hydrazone groups is 1. The summed E-state index contributed by atoms with van der Waals surface area (Å²) >= 11 is 11.7. The van der Waals surface area contributed by atoms with Crippen molar-refractivity contribution < 1.29 is 14.6 Å². The standard InChI is InChI=1S/C21H16Cl2N2O3/c22-16-7-5-14(6-8-16)13-28-20-4-2-1-3-15(20)12-24-25-17-9-10-19(23)18(11-17)21(26)27/h1-12,25H,13H2,(H,26,27)/p-1/b24-12-. The van der Waals surface area contributed by atoms with Gasteiger partial charge in [0.2, 0.25) is 0 Å². The van der Waals surface area contributed by atoms with E-state index in [1.54, 1.807) is 12.3 Å². The topological polar surface area (TPSA) is 73.8 Å². The van der Waals surface area contributed by atoms with Crippen LogP contribution in [0.4, 0.5) is 5.69 Å². The summed E-state index contributed by atoms with van der Waals surface area (Å²) in [5, 5.41) is 16.0. The summed E-state index contributed by atoms with van der Waals surface area (Å²) in [7, 11) is 0. The number of carboxylic acid groups (broad SMARTS) is 1. The van der Waals surface area contributed by atoms with E-state index < -0.39 is 5.97 Å². The number of rotatable bonds is 7. The molecule has 0 aliphatic carbocycles. The maximum absolute atomic E-state index is 11.0. The first-order valence-corrected chi connectivity index (χ1v) is 9.05. The Kier molecular flexibility index (Phi) is 6.53. The van der Waals surface area contributed by atoms with Crippen LogP contribution in [0.3, 0.4) is 0 Å². The van der Waals surface area contributed by atoms with Crippen molar-refractivity contribution in [3.8, 4) is 5.75 Å². The van der Waals surface area contributed by atoms with Gasteiger partial charge in [-0.1, -0.05) is 47.5 Å². The minimum absolute atomic E-state index is 0.103. The monoisotopic (exact) mass is 413 g/mol. The van der Waals surface area contributed by atoms with Gasteiger partial charge in [-0.25, -0.2) is 0 Å². The normalized spacial score (nSPS) is 10.8. The lowest BCUT2D eigenvalue weighted by molar-refractivity contribution is -0.255. The number of ether oxygens (including phenoxy) is 1. The first kappa shape index (κ1) is 19.7. The summed E-state index contributed by atoms with van der Waals surface area (Å²) in [5.74, 6) is -0.687. The molecule has 3 aromatic carbocycles. The fourth-order valence-corrected chi connectivity index (χ4v) is 2.71. The van der Waals surface area contributed by atoms with Crippen LogP contribution in [0.2, 0.25) is 10.0 Å². The lowest BCUT2D eigenvalue weighted by Gasteiger charge is -2.10. The summed E-state index contributed by atoms with van der Waals surface area (Å²) in [6.45, 7) is 0.390. The molecule has 3 aromatic rings. The summed E-state index contributed by atoms with van der Waals surface area (Å²) in [6, 6.07) is 19.3. The fraction of sp³-hybridized carbons (Fsp3) is 0.0476. The van der Waals surface area contributed by atoms with Crippen molar-refractivity contribution in [3.63, 3.8) is 0 Å². The van der Waals surface area contributed by atoms with Crippen LogP contribution in [0.25, 0.3) is 0 Å². The molecule has 0 atom stereocenters. The second kappa shape index (κ2) is 9.26. The van der Waals surface area contributed by atoms with Crippen LogP contribution in [0, 0.1) is 0 Å². The number of hydrogen-bond acceptors (Lipinski definition) is 5. The number of carbonyl (C=O) groups is 1. The molecule has 7 heteroatoms. The minimum atomic E-state index is -1.35. The Morgan fingerprint density at radius 3 is 2.57 bits per heavy atom. The zero-order chi connectivity index (χ0) is 19.9. The number of nitrogens with one attached hydrogen (secondary N) is 1. The van der Waals surface area contributed by atoms with Crippen LogP contribution in [0.15, 0.2) is 71.8 Å². The third-order valence-corrected chi connectivity index (χ3v) is 4.39. The van der Waals surface area contributed by atoms with Crippen LogP contribution >= 0.6 is 23.2 Å². The third kappa shape index (κ3) is 5.25. The van der Waals surface area contributed by atoms with Gasteiger partial charge >= 0.3 is 0 Å². The van der Waals surface area contributed by atoms with Gasteiger partial charge in [-0.3, -0.25) is 5.43 Å². The van der Waals surface area contributed by atoms with Gasteiger partial charge in [0, 0.05) is 21.2 Å². The predicted octanol–water partition coefficient (Wildman–Crippen LogP) is 4.38. The van der Waals surface area contributed by atoms with Gasteiger partial charge in [0.05, 0.1) is 17.9 Å². The van der Waals surface area contributed by atoms with Crippen LogP contribution < -0.4 is 15.3 Å². The molecule has 0 aliphatic heterocycles. The van der Waals surface area contributed by atoms with Crippen LogP contribution in [-0.2, 0) is 6.61 Å². The largest absolute Gasteiger partial charge is 0.545 e. The Labute approximate surface area is 172 Å². The Balaban J connectivity index is 1.68. The highest BCUT2D eigenvalue weighted by Crippen LogP contribution is 2.21. The molecular formula is C21H15Cl2N2O3-. The minimum Gasteiger partial charge on any atom is -0.545 e. The van der Waals surface area contributed by atoms with Gasteiger partial charge in [0.25, 0.3) is 0 Å². The van der Waals surface area contributed by atoms with Crippen molar-refractivity contribution in [2.75, 3.05) is 5.43 Å². The molecule has 0 aliphatic rings. The molecule has 0 heterocycles. The van der Waals surface area contributed by atoms with E-state index in [-0.39, 0.29) is 10.6 Å². The number of nitrogens with zero attached hydrogens (tertiary/aromatic N) is 1. The van der Waals surface area contributed by atoms with Crippen molar-refractivity contribution in [2.45, 2.75) is 6.61 Å². The number of hydrogen-bond donors (Lipinski definition) is 1. The quantitative estimate of drug-likeness (QED) is 0.460. The van der Waals surface area contributed by atoms with E-state index in [2.05, 4.69) is 10.5 Å². The maximum atomic E-state index is 11.0. The molecule has 0 amide bonds. The summed E-state index contributed by atoms with van der Waals surface area (Å²) < 4.78 is 5.87. The molecule has 5 nitrogen and oxygen atoms in total. The second-order valence-electron chi connectivity index (χ2n) is 5.81. The van der Waals surface area contributed by atoms with Gasteiger partial charge < -0.3 is 14.6 Å². The second-order valence-corrected chi connectivity index (χ2v) is 6.65. The van der Waals surface area contributed by atoms with Crippen LogP contribution in [0.1, 0.15) is 21.5 Å². The van der Waals surface area contributed by atoms with Gasteiger partial charge in [0.15, 0.2) is 0 Å². The fourth-order valence-electron chi connectivity index (χ4n) is 2.39. The Morgan fingerprint density at radius 2 is 1.82 bits per heavy atom. The van der Waals surface area contributed by atoms with E-state index in [0.717, 1.165) is 11.1 Å². The molecule has 0 radical (unpaired) electrons. The zero-order valence-corrected chi connectivity index (χ0v) is 16.1. The van der Waals surface area contributed by atoms with Crippen molar-refractivity contribution in [1.82, 2.24) is 0 Å². The summed E-state index contributed by atoms with van der Waals surface area (Å²) in [5.41, 5.74) is 4.89. The van der Waals surface area contributed by atoms with E-state index >= 15 is 0 Å². The van der Waals surface area contributed by atoms with E-state index in [9.17, 15) is 9.90 Å². The third-order valence-electron chi connectivity index (χ3n) is 3.81. The molecule has 0 saturated carbocycles. The molecule has 0 unspecified atom stereocenters. The smallest absolute Gasteiger partial charge is 0.128 e. The van der Waals surface area contributed by atoms with E-state index in [1.165, 1.54) is 12.1 Å². The number of para-hydroxylation sites is 1. The molecule has 3 rings (SSSR count). The van der Waals surface area contributed by atoms with Gasteiger partial charge in [0.1, 0.15) is 12.4 Å². The van der Waals surface area contributed by atoms with Crippen LogP contribution in [0.5, 0.6) is 5.75 Å². The lowest BCUT2D eigenvalue weighted by Crippen LogP contribution is -2.22. The van der Waals surface area contributed by atoms with Crippen molar-refractivity contribution >= 4 is 41.1 Å².